The van der Waals surface area contributed by atoms with Gasteiger partial charge in [0, 0.05) is 18.3 Å². The van der Waals surface area contributed by atoms with Crippen LogP contribution in [0.4, 0.5) is 5.69 Å². The van der Waals surface area contributed by atoms with Gasteiger partial charge in [-0.05, 0) is 12.1 Å². The summed E-state index contributed by atoms with van der Waals surface area (Å²) < 4.78 is 5.15. The zero-order valence-corrected chi connectivity index (χ0v) is 11.2. The summed E-state index contributed by atoms with van der Waals surface area (Å²) in [5, 5.41) is 8.14. The molecule has 3 amide bonds. The molecule has 1 atom stereocenters. The van der Waals surface area contributed by atoms with E-state index < -0.39 is 11.9 Å². The Kier molecular flexibility index (Phi) is 4.72. The van der Waals surface area contributed by atoms with E-state index in [1.165, 1.54) is 0 Å². The smallest absolute Gasteiger partial charge is 0.255 e. The highest BCUT2D eigenvalue weighted by Gasteiger charge is 2.23. The van der Waals surface area contributed by atoms with Crippen LogP contribution < -0.4 is 26.4 Å². The van der Waals surface area contributed by atoms with Gasteiger partial charge in [-0.1, -0.05) is 6.07 Å². The topological polar surface area (TPSA) is 123 Å². The lowest BCUT2D eigenvalue weighted by Crippen LogP contribution is -2.56. The minimum atomic E-state index is -0.577. The number of hydrogen-bond acceptors (Lipinski definition) is 5. The van der Waals surface area contributed by atoms with Crippen LogP contribution in [0.2, 0.25) is 0 Å². The molecule has 0 spiro atoms. The van der Waals surface area contributed by atoms with Crippen LogP contribution in [0, 0.1) is 0 Å². The predicted octanol–water partition coefficient (Wildman–Crippen LogP) is -1.42. The van der Waals surface area contributed by atoms with Crippen LogP contribution >= 0.6 is 0 Å². The van der Waals surface area contributed by atoms with Crippen LogP contribution in [0.15, 0.2) is 24.3 Å². The number of carbonyl (C=O) groups excluding carboxylic acids is 3. The average Bonchev–Trinajstić information content (AvgIpc) is 2.46. The number of piperazine rings is 1. The van der Waals surface area contributed by atoms with Crippen LogP contribution in [-0.4, -0.2) is 43.5 Å². The van der Waals surface area contributed by atoms with Crippen LogP contribution in [-0.2, 0) is 14.4 Å². The predicted molar refractivity (Wildman–Crippen MR) is 74.6 cm³/mol. The van der Waals surface area contributed by atoms with Crippen LogP contribution in [0.25, 0.3) is 0 Å². The third kappa shape index (κ3) is 4.46. The lowest BCUT2D eigenvalue weighted by atomic mass is 10.2. The van der Waals surface area contributed by atoms with Gasteiger partial charge < -0.3 is 21.1 Å². The second-order valence-corrected chi connectivity index (χ2v) is 4.51. The van der Waals surface area contributed by atoms with Crippen molar-refractivity contribution in [3.8, 4) is 5.75 Å². The lowest BCUT2D eigenvalue weighted by molar-refractivity contribution is -0.124. The zero-order valence-electron chi connectivity index (χ0n) is 11.2. The fourth-order valence-electron chi connectivity index (χ4n) is 1.80. The van der Waals surface area contributed by atoms with Gasteiger partial charge in [-0.25, -0.2) is 0 Å². The van der Waals surface area contributed by atoms with Gasteiger partial charge in [-0.15, -0.1) is 0 Å². The molecule has 112 valence electrons. The van der Waals surface area contributed by atoms with Crippen LogP contribution in [0.3, 0.4) is 0 Å². The van der Waals surface area contributed by atoms with E-state index in [9.17, 15) is 14.4 Å². The molecule has 0 aliphatic carbocycles. The number of hydrogen-bond donors (Lipinski definition) is 4. The van der Waals surface area contributed by atoms with Crippen molar-refractivity contribution in [2.75, 3.05) is 25.0 Å². The third-order valence-electron chi connectivity index (χ3n) is 2.81. The highest BCUT2D eigenvalue weighted by atomic mass is 16.5. The molecule has 1 aromatic carbocycles. The molecule has 0 saturated carbocycles. The SMILES string of the molecule is NC(=O)COc1cccc(NC(=O)C2CNC(=O)CN2)c1. The van der Waals surface area contributed by atoms with E-state index in [2.05, 4.69) is 16.0 Å². The van der Waals surface area contributed by atoms with E-state index in [1.807, 2.05) is 0 Å². The Morgan fingerprint density at radius 2 is 2.24 bits per heavy atom. The summed E-state index contributed by atoms with van der Waals surface area (Å²) in [6.07, 6.45) is 0. The molecule has 1 saturated heterocycles. The Morgan fingerprint density at radius 3 is 2.90 bits per heavy atom. The Balaban J connectivity index is 1.92. The van der Waals surface area contributed by atoms with Gasteiger partial charge in [0.25, 0.3) is 5.91 Å². The third-order valence-corrected chi connectivity index (χ3v) is 2.81. The van der Waals surface area contributed by atoms with Crippen molar-refractivity contribution < 1.29 is 19.1 Å². The van der Waals surface area contributed by atoms with Gasteiger partial charge in [0.05, 0.1) is 6.54 Å². The van der Waals surface area contributed by atoms with Crippen molar-refractivity contribution in [1.82, 2.24) is 10.6 Å². The molecule has 0 aromatic heterocycles. The highest BCUT2D eigenvalue weighted by molar-refractivity contribution is 5.96. The number of carbonyl (C=O) groups is 3. The molecule has 1 aromatic rings. The highest BCUT2D eigenvalue weighted by Crippen LogP contribution is 2.17. The van der Waals surface area contributed by atoms with Gasteiger partial charge in [0.1, 0.15) is 11.8 Å². The summed E-state index contributed by atoms with van der Waals surface area (Å²) in [5.74, 6) is -0.550. The Bertz CT molecular complexity index is 551. The van der Waals surface area contributed by atoms with E-state index >= 15 is 0 Å². The molecule has 0 bridgehead atoms. The molecule has 0 radical (unpaired) electrons. The maximum Gasteiger partial charge on any atom is 0.255 e. The minimum Gasteiger partial charge on any atom is -0.484 e. The number of rotatable bonds is 5. The second-order valence-electron chi connectivity index (χ2n) is 4.51. The van der Waals surface area contributed by atoms with Gasteiger partial charge in [0.15, 0.2) is 6.61 Å². The number of benzene rings is 1. The van der Waals surface area contributed by atoms with Crippen molar-refractivity contribution in [3.63, 3.8) is 0 Å². The number of nitrogens with two attached hydrogens (primary N) is 1. The van der Waals surface area contributed by atoms with Crippen LogP contribution in [0.5, 0.6) is 5.75 Å². The first kappa shape index (κ1) is 14.8. The fourth-order valence-corrected chi connectivity index (χ4v) is 1.80. The molecule has 1 unspecified atom stereocenters. The number of anilines is 1. The maximum atomic E-state index is 12.0. The zero-order chi connectivity index (χ0) is 15.2. The van der Waals surface area contributed by atoms with Crippen molar-refractivity contribution in [2.45, 2.75) is 6.04 Å². The largest absolute Gasteiger partial charge is 0.484 e. The monoisotopic (exact) mass is 292 g/mol. The summed E-state index contributed by atoms with van der Waals surface area (Å²) in [7, 11) is 0. The lowest BCUT2D eigenvalue weighted by Gasteiger charge is -2.23. The first-order valence-electron chi connectivity index (χ1n) is 6.37. The minimum absolute atomic E-state index is 0.111. The molecule has 5 N–H and O–H groups in total. The van der Waals surface area contributed by atoms with Crippen LogP contribution in [0.1, 0.15) is 0 Å². The quantitative estimate of drug-likeness (QED) is 0.530. The number of amides is 3. The Hall–Kier alpha value is -2.61. The molecule has 2 rings (SSSR count). The van der Waals surface area contributed by atoms with Crippen molar-refractivity contribution in [3.05, 3.63) is 24.3 Å². The number of primary amides is 1. The average molecular weight is 292 g/mol. The van der Waals surface area contributed by atoms with Crippen molar-refractivity contribution >= 4 is 23.4 Å². The Morgan fingerprint density at radius 1 is 1.43 bits per heavy atom. The molecule has 1 heterocycles. The summed E-state index contributed by atoms with van der Waals surface area (Å²) >= 11 is 0. The molecular weight excluding hydrogens is 276 g/mol. The van der Waals surface area contributed by atoms with Crippen molar-refractivity contribution in [1.29, 1.82) is 0 Å². The molecule has 1 aliphatic heterocycles. The summed E-state index contributed by atoms with van der Waals surface area (Å²) in [4.78, 5) is 33.7. The first-order chi connectivity index (χ1) is 10.0. The second kappa shape index (κ2) is 6.71. The van der Waals surface area contributed by atoms with E-state index in [0.29, 0.717) is 11.4 Å². The summed E-state index contributed by atoms with van der Waals surface area (Å²) in [5.41, 5.74) is 5.52. The molecule has 8 nitrogen and oxygen atoms in total. The maximum absolute atomic E-state index is 12.0. The van der Waals surface area contributed by atoms with Gasteiger partial charge in [0.2, 0.25) is 11.8 Å². The first-order valence-corrected chi connectivity index (χ1v) is 6.37. The summed E-state index contributed by atoms with van der Waals surface area (Å²) in [6.45, 7) is 0.121. The number of nitrogens with one attached hydrogen (secondary N) is 3. The van der Waals surface area contributed by atoms with Gasteiger partial charge in [-0.2, -0.15) is 0 Å². The van der Waals surface area contributed by atoms with E-state index in [1.54, 1.807) is 24.3 Å². The summed E-state index contributed by atoms with van der Waals surface area (Å²) in [6, 6.07) is 6.12. The van der Waals surface area contributed by atoms with E-state index in [4.69, 9.17) is 10.5 Å². The van der Waals surface area contributed by atoms with Gasteiger partial charge >= 0.3 is 0 Å². The molecular formula is C13H16N4O4. The van der Waals surface area contributed by atoms with E-state index in [-0.39, 0.29) is 31.5 Å². The molecule has 8 heteroatoms. The van der Waals surface area contributed by atoms with Crippen molar-refractivity contribution in [2.24, 2.45) is 5.73 Å². The normalized spacial score (nSPS) is 17.7. The fraction of sp³-hybridized carbons (Fsp3) is 0.308. The van der Waals surface area contributed by atoms with E-state index in [0.717, 1.165) is 0 Å². The standard InChI is InChI=1S/C13H16N4O4/c14-11(18)7-21-9-3-1-2-8(4-9)17-13(20)10-5-16-12(19)6-15-10/h1-4,10,15H,5-7H2,(H2,14,18)(H,16,19)(H,17,20). The van der Waals surface area contributed by atoms with Gasteiger partial charge in [-0.3, -0.25) is 19.7 Å². The molecule has 1 aliphatic rings. The Labute approximate surface area is 121 Å². The molecule has 21 heavy (non-hydrogen) atoms. The molecule has 1 fully saturated rings. The number of ether oxygens (including phenoxy) is 1.